The number of aromatic nitrogens is 4. The van der Waals surface area contributed by atoms with Crippen molar-refractivity contribution in [3.8, 4) is 0 Å². The lowest BCUT2D eigenvalue weighted by Crippen LogP contribution is -2.49. The van der Waals surface area contributed by atoms with E-state index in [-0.39, 0.29) is 29.7 Å². The molecule has 384 valence electrons. The molecule has 0 aliphatic carbocycles. The summed E-state index contributed by atoms with van der Waals surface area (Å²) in [6.07, 6.45) is 5.01. The number of carbonyl (C=O) groups is 3. The molecular formula is C45H61Cl2N15O7S2. The van der Waals surface area contributed by atoms with Gasteiger partial charge in [-0.2, -0.15) is 9.36 Å². The molecule has 22 nitrogen and oxygen atoms in total. The van der Waals surface area contributed by atoms with Crippen LogP contribution in [-0.2, 0) is 33.1 Å². The SMILES string of the molecule is CS(=O)(=O)Nc1ccn(C(=O)N2CCN(Cc3ccc(Cl)c(N4CC5CN(C(N)=O)CC5C4)c3)CC2)n1.CS(=O)(=O)Nc1ccn(C(=O)N2CCN(Cc3ccc(Cl)c(N4CC5CNCC5C4)c3)CC2)n1. The maximum absolute atomic E-state index is 12.8. The summed E-state index contributed by atoms with van der Waals surface area (Å²) >= 11 is 13.1. The first-order valence-corrected chi connectivity index (χ1v) is 28.3. The average Bonchev–Trinajstić information content (AvgIpc) is 4.18. The molecule has 6 aliphatic rings. The molecule has 10 rings (SSSR count). The standard InChI is InChI=1S/C23H31ClN8O4S.C22H30ClN7O3S/c1-37(35,36)27-21-4-5-32(26-21)23(34)29-8-6-28(7-9-29)11-16-2-3-19(24)20(10-16)30-12-17-14-31(22(25)33)15-18(17)13-30;1-34(32,33)26-21-4-5-30(25-21)22(31)28-8-6-27(7-9-28)13-16-2-3-19(23)20(10-16)29-14-17-11-24-12-18(17)15-29/h2-5,10,17-18H,6-9,11-15H2,1H3,(H2,25,33)(H,26,27);2-5,10,17-18,24H,6-9,11-15H2,1H3,(H,25,26). The molecule has 0 radical (unpaired) electrons. The van der Waals surface area contributed by atoms with Crippen molar-refractivity contribution in [2.75, 3.05) is 136 Å². The minimum absolute atomic E-state index is 0.111. The number of piperazine rings is 2. The Labute approximate surface area is 424 Å². The molecule has 0 saturated carbocycles. The van der Waals surface area contributed by atoms with Gasteiger partial charge < -0.3 is 35.6 Å². The molecule has 4 aromatic rings. The van der Waals surface area contributed by atoms with E-state index in [0.29, 0.717) is 76.0 Å². The Bertz CT molecular complexity index is 2810. The Balaban J connectivity index is 0.000000176. The zero-order valence-corrected chi connectivity index (χ0v) is 42.9. The van der Waals surface area contributed by atoms with Gasteiger partial charge in [-0.15, -0.1) is 10.2 Å². The highest BCUT2D eigenvalue weighted by atomic mass is 35.5. The molecule has 6 aliphatic heterocycles. The highest BCUT2D eigenvalue weighted by Crippen LogP contribution is 2.38. The van der Waals surface area contributed by atoms with Gasteiger partial charge in [0, 0.05) is 154 Å². The number of rotatable bonds is 10. The van der Waals surface area contributed by atoms with E-state index < -0.39 is 20.0 Å². The van der Waals surface area contributed by atoms with Crippen LogP contribution in [0.2, 0.25) is 10.0 Å². The van der Waals surface area contributed by atoms with Crippen molar-refractivity contribution in [3.05, 3.63) is 82.1 Å². The van der Waals surface area contributed by atoms with Crippen molar-refractivity contribution in [2.24, 2.45) is 29.4 Å². The Hall–Kier alpha value is -5.37. The summed E-state index contributed by atoms with van der Waals surface area (Å²) in [7, 11) is -6.90. The first-order chi connectivity index (χ1) is 33.8. The second-order valence-corrected chi connectivity index (χ2v) is 23.8. The van der Waals surface area contributed by atoms with E-state index in [1.165, 1.54) is 34.8 Å². The molecule has 4 unspecified atom stereocenters. The van der Waals surface area contributed by atoms with E-state index in [4.69, 9.17) is 28.9 Å². The van der Waals surface area contributed by atoms with Crippen LogP contribution in [0.3, 0.4) is 0 Å². The third-order valence-electron chi connectivity index (χ3n) is 14.1. The fourth-order valence-electron chi connectivity index (χ4n) is 10.6. The number of likely N-dealkylation sites (tertiary alicyclic amines) is 1. The molecule has 0 bridgehead atoms. The van der Waals surface area contributed by atoms with Crippen LogP contribution in [0.1, 0.15) is 11.1 Å². The summed E-state index contributed by atoms with van der Waals surface area (Å²) in [4.78, 5) is 51.6. The molecule has 4 atom stereocenters. The molecule has 8 heterocycles. The van der Waals surface area contributed by atoms with Crippen LogP contribution in [0.25, 0.3) is 0 Å². The number of nitrogens with two attached hydrogens (primary N) is 1. The number of nitrogens with one attached hydrogen (secondary N) is 3. The molecule has 6 fully saturated rings. The van der Waals surface area contributed by atoms with Gasteiger partial charge in [0.05, 0.1) is 33.9 Å². The molecule has 2 aromatic carbocycles. The van der Waals surface area contributed by atoms with E-state index in [1.54, 1.807) is 14.7 Å². The van der Waals surface area contributed by atoms with Gasteiger partial charge in [0.25, 0.3) is 0 Å². The number of hydrogen-bond donors (Lipinski definition) is 4. The first kappa shape index (κ1) is 50.6. The summed E-state index contributed by atoms with van der Waals surface area (Å²) in [5.74, 6) is 2.47. The number of fused-ring (bicyclic) bond motifs is 2. The van der Waals surface area contributed by atoms with E-state index in [9.17, 15) is 31.2 Å². The summed E-state index contributed by atoms with van der Waals surface area (Å²) in [5.41, 5.74) is 9.97. The molecule has 71 heavy (non-hydrogen) atoms. The third kappa shape index (κ3) is 12.5. The topological polar surface area (TPSA) is 240 Å². The number of halogens is 2. The second kappa shape index (κ2) is 21.0. The van der Waals surface area contributed by atoms with Crippen molar-refractivity contribution >= 4 is 84.4 Å². The zero-order chi connectivity index (χ0) is 50.2. The zero-order valence-electron chi connectivity index (χ0n) is 39.7. The smallest absolute Gasteiger partial charge is 0.344 e. The summed E-state index contributed by atoms with van der Waals surface area (Å²) in [6, 6.07) is 14.5. The van der Waals surface area contributed by atoms with Crippen LogP contribution in [0.15, 0.2) is 60.9 Å². The Kier molecular flexibility index (Phi) is 15.0. The summed E-state index contributed by atoms with van der Waals surface area (Å²) in [5, 5.41) is 13.1. The normalized spacial score (nSPS) is 22.8. The van der Waals surface area contributed by atoms with Crippen molar-refractivity contribution in [1.29, 1.82) is 0 Å². The predicted molar refractivity (Wildman–Crippen MR) is 272 cm³/mol. The van der Waals surface area contributed by atoms with Crippen molar-refractivity contribution in [2.45, 2.75) is 13.1 Å². The molecule has 0 spiro atoms. The fourth-order valence-corrected chi connectivity index (χ4v) is 12.0. The van der Waals surface area contributed by atoms with E-state index in [2.05, 4.69) is 62.8 Å². The van der Waals surface area contributed by atoms with Crippen LogP contribution < -0.4 is 30.3 Å². The molecule has 5 N–H and O–H groups in total. The van der Waals surface area contributed by atoms with Crippen LogP contribution in [0, 0.1) is 23.7 Å². The number of urea groups is 1. The van der Waals surface area contributed by atoms with Crippen LogP contribution in [-0.4, -0.2) is 196 Å². The van der Waals surface area contributed by atoms with Crippen molar-refractivity contribution in [1.82, 2.24) is 49.4 Å². The number of amides is 4. The number of carbonyl (C=O) groups excluding carboxylic acids is 3. The Morgan fingerprint density at radius 1 is 0.592 bits per heavy atom. The van der Waals surface area contributed by atoms with Gasteiger partial charge in [0.2, 0.25) is 20.0 Å². The van der Waals surface area contributed by atoms with Crippen LogP contribution >= 0.6 is 23.2 Å². The van der Waals surface area contributed by atoms with Gasteiger partial charge in [-0.25, -0.2) is 31.2 Å². The largest absolute Gasteiger partial charge is 0.370 e. The lowest BCUT2D eigenvalue weighted by atomic mass is 10.0. The molecular weight excluding hydrogens is 998 g/mol. The van der Waals surface area contributed by atoms with Gasteiger partial charge in [-0.1, -0.05) is 35.3 Å². The molecule has 2 aromatic heterocycles. The van der Waals surface area contributed by atoms with Gasteiger partial charge >= 0.3 is 18.1 Å². The van der Waals surface area contributed by atoms with Crippen LogP contribution in [0.4, 0.5) is 37.4 Å². The van der Waals surface area contributed by atoms with Gasteiger partial charge in [0.15, 0.2) is 11.6 Å². The molecule has 4 amide bonds. The van der Waals surface area contributed by atoms with E-state index in [1.807, 2.05) is 18.2 Å². The lowest BCUT2D eigenvalue weighted by Gasteiger charge is -2.34. The number of benzene rings is 2. The highest BCUT2D eigenvalue weighted by molar-refractivity contribution is 7.92. The summed E-state index contributed by atoms with van der Waals surface area (Å²) < 4.78 is 52.3. The first-order valence-electron chi connectivity index (χ1n) is 23.7. The highest BCUT2D eigenvalue weighted by Gasteiger charge is 2.42. The van der Waals surface area contributed by atoms with E-state index >= 15 is 0 Å². The van der Waals surface area contributed by atoms with Gasteiger partial charge in [0.1, 0.15) is 0 Å². The average molecular weight is 1060 g/mol. The maximum atomic E-state index is 12.8. The minimum Gasteiger partial charge on any atom is -0.370 e. The van der Waals surface area contributed by atoms with Gasteiger partial charge in [-0.3, -0.25) is 19.2 Å². The lowest BCUT2D eigenvalue weighted by molar-refractivity contribution is 0.134. The molecule has 26 heteroatoms. The number of sulfonamides is 2. The monoisotopic (exact) mass is 1060 g/mol. The Morgan fingerprint density at radius 2 is 0.986 bits per heavy atom. The van der Waals surface area contributed by atoms with E-state index in [0.717, 1.165) is 110 Å². The van der Waals surface area contributed by atoms with Crippen LogP contribution in [0.5, 0.6) is 0 Å². The van der Waals surface area contributed by atoms with Crippen molar-refractivity contribution < 1.29 is 31.2 Å². The number of nitrogens with zero attached hydrogens (tertiary/aromatic N) is 11. The quantitative estimate of drug-likeness (QED) is 0.179. The summed E-state index contributed by atoms with van der Waals surface area (Å²) in [6.45, 7) is 14.1. The minimum atomic E-state index is -3.46. The fraction of sp³-hybridized carbons (Fsp3) is 0.533. The third-order valence-corrected chi connectivity index (χ3v) is 15.9. The molecule has 6 saturated heterocycles. The number of anilines is 4. The predicted octanol–water partition coefficient (Wildman–Crippen LogP) is 2.49. The van der Waals surface area contributed by atoms with Gasteiger partial charge in [-0.05, 0) is 47.2 Å². The van der Waals surface area contributed by atoms with Crippen molar-refractivity contribution in [3.63, 3.8) is 0 Å². The maximum Gasteiger partial charge on any atom is 0.344 e. The number of primary amides is 1. The number of hydrogen-bond acceptors (Lipinski definition) is 14. The Morgan fingerprint density at radius 3 is 1.37 bits per heavy atom. The second-order valence-electron chi connectivity index (χ2n) is 19.5.